The van der Waals surface area contributed by atoms with Crippen molar-refractivity contribution >= 4 is 33.6 Å². The van der Waals surface area contributed by atoms with Crippen LogP contribution < -0.4 is 5.73 Å². The van der Waals surface area contributed by atoms with Gasteiger partial charge in [-0.15, -0.1) is 0 Å². The number of nitrogens with two attached hydrogens (primary N) is 1. The van der Waals surface area contributed by atoms with Crippen molar-refractivity contribution in [3.63, 3.8) is 0 Å². The standard InChI is InChI=1S/C27H19F4N3O3S/c28-18-14-15(7-9-19(32)24(35)37-25(36)27(29,30)31)6-8-17(18)22-33-20-10-11-21(34-23(20)38-22)26(12-13-26)16-4-2-1-3-5-16/h1-6,8,10-14,19H,7,9,32H2/t19-/m0/s1. The normalized spacial score (nSPS) is 14.9. The van der Waals surface area contributed by atoms with E-state index in [0.717, 1.165) is 11.3 Å². The number of hydrogen-bond donors (Lipinski definition) is 1. The predicted molar refractivity (Wildman–Crippen MR) is 133 cm³/mol. The Morgan fingerprint density at radius 3 is 2.42 bits per heavy atom. The maximum Gasteiger partial charge on any atom is 0.491 e. The lowest BCUT2D eigenvalue weighted by Gasteiger charge is -2.15. The van der Waals surface area contributed by atoms with E-state index in [-0.39, 0.29) is 23.8 Å². The first kappa shape index (κ1) is 25.7. The van der Waals surface area contributed by atoms with Gasteiger partial charge in [-0.25, -0.2) is 23.9 Å². The number of nitrogens with zero attached hydrogens (tertiary/aromatic N) is 2. The van der Waals surface area contributed by atoms with Crippen LogP contribution in [-0.4, -0.2) is 34.1 Å². The van der Waals surface area contributed by atoms with Gasteiger partial charge in [0.1, 0.15) is 27.2 Å². The maximum absolute atomic E-state index is 15.0. The monoisotopic (exact) mass is 541 g/mol. The van der Waals surface area contributed by atoms with Crippen molar-refractivity contribution in [2.75, 3.05) is 0 Å². The number of carbonyl (C=O) groups is 2. The fourth-order valence-corrected chi connectivity index (χ4v) is 4.99. The molecule has 2 N–H and O–H groups in total. The third-order valence-electron chi connectivity index (χ3n) is 6.17. The number of hydrogen-bond acceptors (Lipinski definition) is 7. The Morgan fingerprint density at radius 1 is 1.03 bits per heavy atom. The van der Waals surface area contributed by atoms with Gasteiger partial charge in [-0.2, -0.15) is 13.2 Å². The Hall–Kier alpha value is -3.96. The van der Waals surface area contributed by atoms with Crippen molar-refractivity contribution in [1.82, 2.24) is 9.97 Å². The van der Waals surface area contributed by atoms with Gasteiger partial charge in [-0.3, -0.25) is 0 Å². The van der Waals surface area contributed by atoms with Gasteiger partial charge in [-0.1, -0.05) is 59.9 Å². The second-order valence-electron chi connectivity index (χ2n) is 8.77. The first-order chi connectivity index (χ1) is 18.1. The molecule has 0 unspecified atom stereocenters. The van der Waals surface area contributed by atoms with Crippen LogP contribution in [0.15, 0.2) is 72.8 Å². The number of fused-ring (bicyclic) bond motifs is 1. The Kier molecular flexibility index (Phi) is 6.58. The van der Waals surface area contributed by atoms with Gasteiger partial charge in [0.15, 0.2) is 0 Å². The number of rotatable bonds is 7. The van der Waals surface area contributed by atoms with Crippen LogP contribution in [0.25, 0.3) is 20.9 Å². The molecule has 5 rings (SSSR count). The first-order valence-corrected chi connectivity index (χ1v) is 12.3. The van der Waals surface area contributed by atoms with E-state index in [0.29, 0.717) is 20.9 Å². The van der Waals surface area contributed by atoms with Crippen molar-refractivity contribution in [1.29, 1.82) is 0 Å². The summed E-state index contributed by atoms with van der Waals surface area (Å²) in [4.78, 5) is 32.4. The summed E-state index contributed by atoms with van der Waals surface area (Å²) >= 11 is 1.26. The molecule has 11 heteroatoms. The molecule has 6 nitrogen and oxygen atoms in total. The average Bonchev–Trinajstić information content (AvgIpc) is 3.60. The quantitative estimate of drug-likeness (QED) is 0.149. The van der Waals surface area contributed by atoms with Gasteiger partial charge in [0.25, 0.3) is 0 Å². The minimum atomic E-state index is -5.30. The summed E-state index contributed by atoms with van der Waals surface area (Å²) < 4.78 is 55.4. The van der Waals surface area contributed by atoms with Crippen LogP contribution in [0.4, 0.5) is 17.6 Å². The molecule has 1 aliphatic carbocycles. The highest BCUT2D eigenvalue weighted by atomic mass is 32.1. The highest BCUT2D eigenvalue weighted by Crippen LogP contribution is 2.45. The fourth-order valence-electron chi connectivity index (χ4n) is 4.02. The minimum absolute atomic E-state index is 0.0764. The maximum atomic E-state index is 15.0. The molecule has 38 heavy (non-hydrogen) atoms. The lowest BCUT2D eigenvalue weighted by Crippen LogP contribution is -2.37. The van der Waals surface area contributed by atoms with Crippen molar-refractivity contribution < 1.29 is 31.9 Å². The number of esters is 2. The summed E-state index contributed by atoms with van der Waals surface area (Å²) in [6.07, 6.45) is -1.21. The second kappa shape index (κ2) is 9.73. The summed E-state index contributed by atoms with van der Waals surface area (Å²) in [5.74, 6) is -4.69. The Labute approximate surface area is 217 Å². The molecule has 1 aliphatic rings. The number of benzene rings is 2. The lowest BCUT2D eigenvalue weighted by atomic mass is 9.89. The molecule has 2 aromatic carbocycles. The minimum Gasteiger partial charge on any atom is -0.385 e. The molecule has 194 valence electrons. The zero-order valence-corrected chi connectivity index (χ0v) is 20.4. The first-order valence-electron chi connectivity index (χ1n) is 11.5. The van der Waals surface area contributed by atoms with Crippen LogP contribution in [0, 0.1) is 5.82 Å². The molecule has 0 spiro atoms. The highest BCUT2D eigenvalue weighted by Gasteiger charge is 2.43. The van der Waals surface area contributed by atoms with Crippen molar-refractivity contribution in [2.45, 2.75) is 30.5 Å². The molecule has 4 aromatic rings. The highest BCUT2D eigenvalue weighted by molar-refractivity contribution is 7.21. The molecule has 0 amide bonds. The number of pyridine rings is 1. The zero-order valence-electron chi connectivity index (χ0n) is 19.5. The molecule has 1 atom stereocenters. The van der Waals surface area contributed by atoms with Gasteiger partial charge in [0, 0.05) is 5.56 Å². The van der Waals surface area contributed by atoms with Crippen molar-refractivity contribution in [2.24, 2.45) is 5.73 Å². The summed E-state index contributed by atoms with van der Waals surface area (Å²) in [5, 5.41) is 0.442. The van der Waals surface area contributed by atoms with E-state index in [1.807, 2.05) is 42.5 Å². The largest absolute Gasteiger partial charge is 0.491 e. The summed E-state index contributed by atoms with van der Waals surface area (Å²) in [6.45, 7) is 0. The number of ether oxygens (including phenoxy) is 1. The fraction of sp³-hybridized carbons (Fsp3) is 0.185. The van der Waals surface area contributed by atoms with E-state index in [2.05, 4.69) is 21.9 Å². The van der Waals surface area contributed by atoms with Gasteiger partial charge < -0.3 is 10.5 Å². The molecule has 0 bridgehead atoms. The van der Waals surface area contributed by atoms with E-state index in [1.165, 1.54) is 23.5 Å². The van der Waals surface area contributed by atoms with Crippen LogP contribution >= 0.6 is 11.3 Å². The zero-order chi connectivity index (χ0) is 27.1. The number of thiazole rings is 1. The number of carbonyl (C=O) groups excluding carboxylic acids is 2. The number of allylic oxidation sites excluding steroid dienone is 2. The third kappa shape index (κ3) is 5.07. The molecule has 0 radical (unpaired) electrons. The molecule has 2 heterocycles. The molecule has 0 saturated heterocycles. The Bertz CT molecular complexity index is 1560. The lowest BCUT2D eigenvalue weighted by molar-refractivity contribution is -0.202. The smallest absolute Gasteiger partial charge is 0.385 e. The van der Waals surface area contributed by atoms with Gasteiger partial charge in [0.2, 0.25) is 0 Å². The van der Waals surface area contributed by atoms with E-state index >= 15 is 0 Å². The van der Waals surface area contributed by atoms with Crippen LogP contribution in [0.3, 0.4) is 0 Å². The van der Waals surface area contributed by atoms with Gasteiger partial charge in [-0.05, 0) is 48.2 Å². The molecular weight excluding hydrogens is 522 g/mol. The molecule has 2 aromatic heterocycles. The van der Waals surface area contributed by atoms with E-state index in [9.17, 15) is 27.2 Å². The topological polar surface area (TPSA) is 95.2 Å². The Morgan fingerprint density at radius 2 is 1.76 bits per heavy atom. The molecule has 0 fully saturated rings. The summed E-state index contributed by atoms with van der Waals surface area (Å²) in [5.41, 5.74) is 8.52. The number of halogens is 4. The average molecular weight is 542 g/mol. The van der Waals surface area contributed by atoms with Crippen LogP contribution in [0.1, 0.15) is 23.2 Å². The van der Waals surface area contributed by atoms with Crippen LogP contribution in [-0.2, 0) is 26.2 Å². The number of alkyl halides is 3. The Balaban J connectivity index is 1.29. The number of aryl methyl sites for hydroxylation is 1. The van der Waals surface area contributed by atoms with Gasteiger partial charge in [0.05, 0.1) is 11.1 Å². The van der Waals surface area contributed by atoms with Crippen LogP contribution in [0.5, 0.6) is 0 Å². The summed E-state index contributed by atoms with van der Waals surface area (Å²) in [7, 11) is 0. The van der Waals surface area contributed by atoms with Crippen molar-refractivity contribution in [3.05, 3.63) is 95.5 Å². The van der Waals surface area contributed by atoms with Crippen molar-refractivity contribution in [3.8, 4) is 10.6 Å². The molecular formula is C27H19F4N3O3S. The molecule has 0 saturated carbocycles. The van der Waals surface area contributed by atoms with E-state index in [4.69, 9.17) is 10.7 Å². The molecule has 0 aliphatic heterocycles. The summed E-state index contributed by atoms with van der Waals surface area (Å²) in [6, 6.07) is 16.7. The number of aromatic nitrogens is 2. The van der Waals surface area contributed by atoms with E-state index in [1.54, 1.807) is 6.07 Å². The van der Waals surface area contributed by atoms with Crippen LogP contribution in [0.2, 0.25) is 0 Å². The second-order valence-corrected chi connectivity index (χ2v) is 9.75. The SMILES string of the molecule is N[C@@H](CCc1ccc(-c2nc3ccc(C4(c5ccccc5)C=C4)nc3s2)c(F)c1)C(=O)OC(=O)C(F)(F)F. The third-order valence-corrected chi connectivity index (χ3v) is 7.16. The van der Waals surface area contributed by atoms with E-state index < -0.39 is 30.0 Å². The predicted octanol–water partition coefficient (Wildman–Crippen LogP) is 5.25. The van der Waals surface area contributed by atoms with Gasteiger partial charge >= 0.3 is 18.1 Å².